The van der Waals surface area contributed by atoms with Crippen LogP contribution in [0.1, 0.15) is 32.3 Å². The summed E-state index contributed by atoms with van der Waals surface area (Å²) in [6.45, 7) is 4.06. The molecule has 130 valence electrons. The lowest BCUT2D eigenvalue weighted by Crippen LogP contribution is -2.37. The highest BCUT2D eigenvalue weighted by molar-refractivity contribution is 6.00. The van der Waals surface area contributed by atoms with Crippen molar-refractivity contribution in [1.82, 2.24) is 5.32 Å². The summed E-state index contributed by atoms with van der Waals surface area (Å²) in [7, 11) is 0. The first-order valence-electron chi connectivity index (χ1n) is 8.32. The number of rotatable bonds is 7. The molecule has 24 heavy (non-hydrogen) atoms. The number of carbonyl (C=O) groups is 3. The van der Waals surface area contributed by atoms with Crippen LogP contribution in [-0.2, 0) is 20.8 Å². The third kappa shape index (κ3) is 4.34. The van der Waals surface area contributed by atoms with Crippen molar-refractivity contribution in [2.24, 2.45) is 11.8 Å². The molecule has 1 aromatic rings. The molecule has 1 heterocycles. The van der Waals surface area contributed by atoms with E-state index >= 15 is 0 Å². The molecule has 0 spiro atoms. The van der Waals surface area contributed by atoms with Gasteiger partial charge in [0.05, 0.1) is 11.8 Å². The fraction of sp³-hybridized carbons (Fsp3) is 0.500. The van der Waals surface area contributed by atoms with Crippen molar-refractivity contribution in [3.8, 4) is 0 Å². The number of carboxylic acid groups (broad SMARTS) is 1. The normalized spacial score (nSPS) is 18.5. The maximum Gasteiger partial charge on any atom is 0.308 e. The van der Waals surface area contributed by atoms with Gasteiger partial charge in [-0.1, -0.05) is 32.4 Å². The van der Waals surface area contributed by atoms with Crippen molar-refractivity contribution < 1.29 is 19.5 Å². The SMILES string of the molecule is CCCc1ccc(N2CC(C(=O)NCC(C)C(=O)O)CC2=O)cc1. The van der Waals surface area contributed by atoms with Gasteiger partial charge >= 0.3 is 5.97 Å². The van der Waals surface area contributed by atoms with Gasteiger partial charge in [0.25, 0.3) is 0 Å². The van der Waals surface area contributed by atoms with Crippen LogP contribution >= 0.6 is 0 Å². The Morgan fingerprint density at radius 1 is 1.33 bits per heavy atom. The number of aliphatic carboxylic acids is 1. The van der Waals surface area contributed by atoms with E-state index in [9.17, 15) is 14.4 Å². The predicted octanol–water partition coefficient (Wildman–Crippen LogP) is 1.83. The van der Waals surface area contributed by atoms with Gasteiger partial charge in [-0.05, 0) is 24.1 Å². The Morgan fingerprint density at radius 2 is 2.00 bits per heavy atom. The minimum atomic E-state index is -0.952. The number of hydrogen-bond acceptors (Lipinski definition) is 3. The second kappa shape index (κ2) is 7.95. The Bertz CT molecular complexity index is 612. The van der Waals surface area contributed by atoms with Crippen LogP contribution in [0, 0.1) is 11.8 Å². The van der Waals surface area contributed by atoms with Crippen molar-refractivity contribution in [2.45, 2.75) is 33.1 Å². The van der Waals surface area contributed by atoms with Crippen LogP contribution in [0.15, 0.2) is 24.3 Å². The van der Waals surface area contributed by atoms with E-state index in [-0.39, 0.29) is 24.8 Å². The van der Waals surface area contributed by atoms with Gasteiger partial charge in [-0.15, -0.1) is 0 Å². The molecular weight excluding hydrogens is 308 g/mol. The Hall–Kier alpha value is -2.37. The van der Waals surface area contributed by atoms with Crippen LogP contribution in [0.5, 0.6) is 0 Å². The van der Waals surface area contributed by atoms with Gasteiger partial charge in [-0.2, -0.15) is 0 Å². The Morgan fingerprint density at radius 3 is 2.58 bits per heavy atom. The fourth-order valence-corrected chi connectivity index (χ4v) is 2.75. The maximum atomic E-state index is 12.2. The van der Waals surface area contributed by atoms with Crippen LogP contribution < -0.4 is 10.2 Å². The molecule has 2 unspecified atom stereocenters. The van der Waals surface area contributed by atoms with Crippen molar-refractivity contribution in [3.05, 3.63) is 29.8 Å². The molecule has 1 aliphatic rings. The summed E-state index contributed by atoms with van der Waals surface area (Å²) >= 11 is 0. The van der Waals surface area contributed by atoms with Crippen LogP contribution in [0.3, 0.4) is 0 Å². The highest BCUT2D eigenvalue weighted by Gasteiger charge is 2.35. The molecular formula is C18H24N2O4. The molecule has 1 fully saturated rings. The molecule has 0 bridgehead atoms. The molecule has 2 amide bonds. The average Bonchev–Trinajstić information content (AvgIpc) is 2.95. The molecule has 1 saturated heterocycles. The van der Waals surface area contributed by atoms with Crippen LogP contribution in [0.4, 0.5) is 5.69 Å². The Kier molecular flexibility index (Phi) is 5.95. The zero-order valence-electron chi connectivity index (χ0n) is 14.1. The molecule has 0 aromatic heterocycles. The molecule has 1 aromatic carbocycles. The molecule has 6 heteroatoms. The van der Waals surface area contributed by atoms with Gasteiger partial charge in [-0.25, -0.2) is 0 Å². The number of carbonyl (C=O) groups excluding carboxylic acids is 2. The lowest BCUT2D eigenvalue weighted by Gasteiger charge is -2.17. The number of anilines is 1. The van der Waals surface area contributed by atoms with Crippen LogP contribution in [0.2, 0.25) is 0 Å². The number of carboxylic acids is 1. The van der Waals surface area contributed by atoms with E-state index in [0.717, 1.165) is 18.5 Å². The minimum absolute atomic E-state index is 0.0740. The number of hydrogen-bond donors (Lipinski definition) is 2. The topological polar surface area (TPSA) is 86.7 Å². The number of aryl methyl sites for hydroxylation is 1. The van der Waals surface area contributed by atoms with E-state index in [0.29, 0.717) is 6.54 Å². The average molecular weight is 332 g/mol. The van der Waals surface area contributed by atoms with Gasteiger partial charge in [0, 0.05) is 25.2 Å². The molecule has 2 rings (SSSR count). The largest absolute Gasteiger partial charge is 0.481 e. The van der Waals surface area contributed by atoms with E-state index in [1.54, 1.807) is 4.90 Å². The second-order valence-electron chi connectivity index (χ2n) is 6.31. The van der Waals surface area contributed by atoms with Gasteiger partial charge < -0.3 is 15.3 Å². The molecule has 2 atom stereocenters. The van der Waals surface area contributed by atoms with Gasteiger partial charge in [0.15, 0.2) is 0 Å². The van der Waals surface area contributed by atoms with Gasteiger partial charge in [0.2, 0.25) is 11.8 Å². The fourth-order valence-electron chi connectivity index (χ4n) is 2.75. The molecule has 0 aliphatic carbocycles. The Balaban J connectivity index is 1.95. The number of benzene rings is 1. The summed E-state index contributed by atoms with van der Waals surface area (Å²) in [5.41, 5.74) is 2.03. The third-order valence-electron chi connectivity index (χ3n) is 4.29. The van der Waals surface area contributed by atoms with E-state index in [4.69, 9.17) is 5.11 Å². The predicted molar refractivity (Wildman–Crippen MR) is 90.7 cm³/mol. The summed E-state index contributed by atoms with van der Waals surface area (Å²) in [6, 6.07) is 7.84. The molecule has 0 radical (unpaired) electrons. The number of nitrogens with one attached hydrogen (secondary N) is 1. The quantitative estimate of drug-likeness (QED) is 0.797. The zero-order chi connectivity index (χ0) is 17.7. The van der Waals surface area contributed by atoms with E-state index in [1.807, 2.05) is 24.3 Å². The van der Waals surface area contributed by atoms with Crippen LogP contribution in [-0.4, -0.2) is 36.0 Å². The first-order chi connectivity index (χ1) is 11.4. The van der Waals surface area contributed by atoms with Crippen molar-refractivity contribution in [1.29, 1.82) is 0 Å². The standard InChI is InChI=1S/C18H24N2O4/c1-3-4-13-5-7-15(8-6-13)20-11-14(9-16(20)21)17(22)19-10-12(2)18(23)24/h5-8,12,14H,3-4,9-11H2,1-2H3,(H,19,22)(H,23,24). The van der Waals surface area contributed by atoms with E-state index in [1.165, 1.54) is 12.5 Å². The smallest absolute Gasteiger partial charge is 0.308 e. The second-order valence-corrected chi connectivity index (χ2v) is 6.31. The maximum absolute atomic E-state index is 12.2. The summed E-state index contributed by atoms with van der Waals surface area (Å²) in [5.74, 6) is -2.38. The van der Waals surface area contributed by atoms with E-state index < -0.39 is 17.8 Å². The van der Waals surface area contributed by atoms with E-state index in [2.05, 4.69) is 12.2 Å². The van der Waals surface area contributed by atoms with Gasteiger partial charge in [-0.3, -0.25) is 14.4 Å². The van der Waals surface area contributed by atoms with Crippen molar-refractivity contribution in [3.63, 3.8) is 0 Å². The third-order valence-corrected chi connectivity index (χ3v) is 4.29. The first-order valence-corrected chi connectivity index (χ1v) is 8.32. The van der Waals surface area contributed by atoms with Gasteiger partial charge in [0.1, 0.15) is 0 Å². The first kappa shape index (κ1) is 18.0. The lowest BCUT2D eigenvalue weighted by molar-refractivity contribution is -0.141. The summed E-state index contributed by atoms with van der Waals surface area (Å²) in [4.78, 5) is 36.8. The monoisotopic (exact) mass is 332 g/mol. The Labute approximate surface area is 141 Å². The summed E-state index contributed by atoms with van der Waals surface area (Å²) in [5, 5.41) is 11.5. The van der Waals surface area contributed by atoms with Crippen molar-refractivity contribution in [2.75, 3.05) is 18.0 Å². The van der Waals surface area contributed by atoms with Crippen molar-refractivity contribution >= 4 is 23.5 Å². The number of amides is 2. The molecule has 1 aliphatic heterocycles. The highest BCUT2D eigenvalue weighted by atomic mass is 16.4. The lowest BCUT2D eigenvalue weighted by atomic mass is 10.1. The molecule has 6 nitrogen and oxygen atoms in total. The highest BCUT2D eigenvalue weighted by Crippen LogP contribution is 2.25. The van der Waals surface area contributed by atoms with Crippen LogP contribution in [0.25, 0.3) is 0 Å². The molecule has 0 saturated carbocycles. The molecule has 2 N–H and O–H groups in total. The minimum Gasteiger partial charge on any atom is -0.481 e. The zero-order valence-corrected chi connectivity index (χ0v) is 14.1. The summed E-state index contributed by atoms with van der Waals surface area (Å²) < 4.78 is 0. The summed E-state index contributed by atoms with van der Waals surface area (Å²) in [6.07, 6.45) is 2.23. The number of nitrogens with zero attached hydrogens (tertiary/aromatic N) is 1.